The first-order valence-corrected chi connectivity index (χ1v) is 4.72. The van der Waals surface area contributed by atoms with Gasteiger partial charge in [-0.2, -0.15) is 10.2 Å². The zero-order valence-corrected chi connectivity index (χ0v) is 8.51. The van der Waals surface area contributed by atoms with Crippen molar-refractivity contribution in [1.29, 1.82) is 0 Å². The molecule has 0 atom stereocenters. The van der Waals surface area contributed by atoms with Gasteiger partial charge in [-0.3, -0.25) is 9.36 Å². The lowest BCUT2D eigenvalue weighted by molar-refractivity contribution is 0.587. The summed E-state index contributed by atoms with van der Waals surface area (Å²) in [5, 5.41) is 8.54. The second-order valence-electron chi connectivity index (χ2n) is 3.43. The molecule has 4 heteroatoms. The zero-order chi connectivity index (χ0) is 9.97. The molecule has 2 rings (SSSR count). The highest BCUT2D eigenvalue weighted by Crippen LogP contribution is 2.00. The van der Waals surface area contributed by atoms with Crippen LogP contribution in [-0.4, -0.2) is 19.6 Å². The summed E-state index contributed by atoms with van der Waals surface area (Å²) in [4.78, 5) is 0. The highest BCUT2D eigenvalue weighted by molar-refractivity contribution is 5.00. The molecule has 0 N–H and O–H groups in total. The van der Waals surface area contributed by atoms with Crippen LogP contribution in [0.5, 0.6) is 0 Å². The van der Waals surface area contributed by atoms with Gasteiger partial charge in [0.15, 0.2) is 0 Å². The fourth-order valence-corrected chi connectivity index (χ4v) is 1.45. The molecule has 2 aromatic rings. The van der Waals surface area contributed by atoms with Gasteiger partial charge in [-0.25, -0.2) is 0 Å². The molecule has 2 aromatic heterocycles. The topological polar surface area (TPSA) is 35.6 Å². The van der Waals surface area contributed by atoms with Crippen LogP contribution in [-0.2, 0) is 20.0 Å². The van der Waals surface area contributed by atoms with Gasteiger partial charge in [0, 0.05) is 38.1 Å². The molecule has 0 amide bonds. The van der Waals surface area contributed by atoms with Gasteiger partial charge in [-0.15, -0.1) is 0 Å². The maximum Gasteiger partial charge on any atom is 0.0642 e. The largest absolute Gasteiger partial charge is 0.276 e. The van der Waals surface area contributed by atoms with Gasteiger partial charge >= 0.3 is 0 Å². The van der Waals surface area contributed by atoms with E-state index >= 15 is 0 Å². The second kappa shape index (κ2) is 3.65. The van der Waals surface area contributed by atoms with Crippen molar-refractivity contribution in [2.45, 2.75) is 19.9 Å². The summed E-state index contributed by atoms with van der Waals surface area (Å²) < 4.78 is 3.82. The van der Waals surface area contributed by atoms with Gasteiger partial charge in [0.05, 0.1) is 5.69 Å². The smallest absolute Gasteiger partial charge is 0.0642 e. The Labute approximate surface area is 83.2 Å². The minimum atomic E-state index is 0.899. The van der Waals surface area contributed by atoms with Crippen LogP contribution in [0.3, 0.4) is 0 Å². The van der Waals surface area contributed by atoms with E-state index in [9.17, 15) is 0 Å². The molecule has 0 aliphatic rings. The first-order valence-electron chi connectivity index (χ1n) is 4.72. The lowest BCUT2D eigenvalue weighted by Gasteiger charge is -2.01. The van der Waals surface area contributed by atoms with Gasteiger partial charge in [0.25, 0.3) is 0 Å². The number of hydrogen-bond donors (Lipinski definition) is 0. The first kappa shape index (κ1) is 8.99. The Hall–Kier alpha value is -1.58. The molecular formula is C10H14N4. The van der Waals surface area contributed by atoms with Crippen molar-refractivity contribution in [3.8, 4) is 0 Å². The molecule has 4 nitrogen and oxygen atoms in total. The van der Waals surface area contributed by atoms with Crippen molar-refractivity contribution in [3.63, 3.8) is 0 Å². The predicted molar refractivity (Wildman–Crippen MR) is 53.9 cm³/mol. The van der Waals surface area contributed by atoms with Gasteiger partial charge in [-0.1, -0.05) is 0 Å². The molecule has 0 spiro atoms. The van der Waals surface area contributed by atoms with Crippen LogP contribution in [0.2, 0.25) is 0 Å². The summed E-state index contributed by atoms with van der Waals surface area (Å²) >= 11 is 0. The summed E-state index contributed by atoms with van der Waals surface area (Å²) in [6.07, 6.45) is 4.72. The average molecular weight is 190 g/mol. The molecule has 0 saturated carbocycles. The number of hydrogen-bond acceptors (Lipinski definition) is 2. The molecule has 0 radical (unpaired) electrons. The minimum absolute atomic E-state index is 0.899. The highest BCUT2D eigenvalue weighted by Gasteiger charge is 1.99. The fourth-order valence-electron chi connectivity index (χ4n) is 1.45. The second-order valence-corrected chi connectivity index (χ2v) is 3.43. The number of rotatable bonds is 3. The van der Waals surface area contributed by atoms with Crippen LogP contribution in [0.4, 0.5) is 0 Å². The molecule has 14 heavy (non-hydrogen) atoms. The van der Waals surface area contributed by atoms with Crippen LogP contribution >= 0.6 is 0 Å². The third-order valence-corrected chi connectivity index (χ3v) is 2.28. The quantitative estimate of drug-likeness (QED) is 0.728. The Balaban J connectivity index is 1.98. The van der Waals surface area contributed by atoms with Crippen molar-refractivity contribution in [3.05, 3.63) is 35.9 Å². The summed E-state index contributed by atoms with van der Waals surface area (Å²) in [5.74, 6) is 0. The maximum absolute atomic E-state index is 4.32. The van der Waals surface area contributed by atoms with Crippen molar-refractivity contribution >= 4 is 0 Å². The molecule has 2 heterocycles. The average Bonchev–Trinajstić information content (AvgIpc) is 2.72. The van der Waals surface area contributed by atoms with Crippen molar-refractivity contribution in [1.82, 2.24) is 19.6 Å². The standard InChI is InChI=1S/C10H14N4/c1-9-3-6-11-14(9)8-5-10-4-7-13(2)12-10/h3-4,6-7H,5,8H2,1-2H3. The Morgan fingerprint density at radius 3 is 2.79 bits per heavy atom. The minimum Gasteiger partial charge on any atom is -0.276 e. The monoisotopic (exact) mass is 190 g/mol. The van der Waals surface area contributed by atoms with Crippen LogP contribution in [0.25, 0.3) is 0 Å². The summed E-state index contributed by atoms with van der Waals surface area (Å²) in [6.45, 7) is 2.96. The zero-order valence-electron chi connectivity index (χ0n) is 8.51. The maximum atomic E-state index is 4.32. The molecule has 0 aliphatic carbocycles. The number of aryl methyl sites for hydroxylation is 4. The lowest BCUT2D eigenvalue weighted by Crippen LogP contribution is -2.05. The molecule has 0 fully saturated rings. The summed E-state index contributed by atoms with van der Waals surface area (Å²) in [6, 6.07) is 4.05. The van der Waals surface area contributed by atoms with E-state index < -0.39 is 0 Å². The van der Waals surface area contributed by atoms with E-state index in [0.717, 1.165) is 18.7 Å². The SMILES string of the molecule is Cc1ccnn1CCc1ccn(C)n1. The van der Waals surface area contributed by atoms with E-state index in [1.54, 1.807) is 0 Å². The molecule has 74 valence electrons. The highest BCUT2D eigenvalue weighted by atomic mass is 15.3. The van der Waals surface area contributed by atoms with E-state index in [0.29, 0.717) is 0 Å². The van der Waals surface area contributed by atoms with Crippen LogP contribution in [0.15, 0.2) is 24.5 Å². The number of aromatic nitrogens is 4. The third kappa shape index (κ3) is 1.84. The van der Waals surface area contributed by atoms with E-state index in [-0.39, 0.29) is 0 Å². The lowest BCUT2D eigenvalue weighted by atomic mass is 10.3. The van der Waals surface area contributed by atoms with Crippen LogP contribution < -0.4 is 0 Å². The Morgan fingerprint density at radius 2 is 2.21 bits per heavy atom. The Bertz CT molecular complexity index is 413. The molecule has 0 aliphatic heterocycles. The van der Waals surface area contributed by atoms with E-state index in [4.69, 9.17) is 0 Å². The molecular weight excluding hydrogens is 176 g/mol. The van der Waals surface area contributed by atoms with Gasteiger partial charge < -0.3 is 0 Å². The van der Waals surface area contributed by atoms with Gasteiger partial charge in [0.1, 0.15) is 0 Å². The van der Waals surface area contributed by atoms with Crippen molar-refractivity contribution in [2.75, 3.05) is 0 Å². The fraction of sp³-hybridized carbons (Fsp3) is 0.400. The molecule has 0 saturated heterocycles. The summed E-state index contributed by atoms with van der Waals surface area (Å²) in [7, 11) is 1.93. The molecule has 0 aromatic carbocycles. The normalized spacial score (nSPS) is 10.7. The van der Waals surface area contributed by atoms with Gasteiger partial charge in [-0.05, 0) is 19.1 Å². The van der Waals surface area contributed by atoms with Gasteiger partial charge in [0.2, 0.25) is 0 Å². The van der Waals surface area contributed by atoms with Crippen LogP contribution in [0, 0.1) is 6.92 Å². The van der Waals surface area contributed by atoms with E-state index in [1.165, 1.54) is 5.69 Å². The summed E-state index contributed by atoms with van der Waals surface area (Å²) in [5.41, 5.74) is 2.31. The Kier molecular flexibility index (Phi) is 2.35. The molecule has 0 bridgehead atoms. The van der Waals surface area contributed by atoms with Crippen molar-refractivity contribution < 1.29 is 0 Å². The van der Waals surface area contributed by atoms with Crippen molar-refractivity contribution in [2.24, 2.45) is 7.05 Å². The van der Waals surface area contributed by atoms with E-state index in [1.807, 2.05) is 40.9 Å². The predicted octanol–water partition coefficient (Wildman–Crippen LogP) is 1.17. The third-order valence-electron chi connectivity index (χ3n) is 2.28. The molecule has 0 unspecified atom stereocenters. The van der Waals surface area contributed by atoms with Crippen LogP contribution in [0.1, 0.15) is 11.4 Å². The Morgan fingerprint density at radius 1 is 1.36 bits per heavy atom. The van der Waals surface area contributed by atoms with E-state index in [2.05, 4.69) is 17.1 Å². The first-order chi connectivity index (χ1) is 6.75. The number of nitrogens with zero attached hydrogens (tertiary/aromatic N) is 4.